The fourth-order valence-corrected chi connectivity index (χ4v) is 2.24. The molecule has 0 saturated carbocycles. The van der Waals surface area contributed by atoms with Crippen LogP contribution in [0.4, 0.5) is 0 Å². The Morgan fingerprint density at radius 3 is 2.88 bits per heavy atom. The standard InChI is InChI=1S/C9H13N5OS/c1-5-9(16-13-12-5)7(10)8-6(15-3)4-11-14(8)2/h4,7H,10H2,1-3H3. The van der Waals surface area contributed by atoms with Crippen LogP contribution in [-0.2, 0) is 7.05 Å². The summed E-state index contributed by atoms with van der Waals surface area (Å²) in [5, 5.41) is 8.07. The average molecular weight is 239 g/mol. The van der Waals surface area contributed by atoms with E-state index in [1.54, 1.807) is 18.0 Å². The van der Waals surface area contributed by atoms with Crippen molar-refractivity contribution in [2.24, 2.45) is 12.8 Å². The van der Waals surface area contributed by atoms with Crippen molar-refractivity contribution in [3.63, 3.8) is 0 Å². The smallest absolute Gasteiger partial charge is 0.161 e. The number of nitrogens with zero attached hydrogens (tertiary/aromatic N) is 4. The molecular formula is C9H13N5OS. The van der Waals surface area contributed by atoms with Crippen molar-refractivity contribution in [2.75, 3.05) is 7.11 Å². The van der Waals surface area contributed by atoms with Crippen LogP contribution < -0.4 is 10.5 Å². The zero-order valence-corrected chi connectivity index (χ0v) is 10.2. The SMILES string of the molecule is COc1cnn(C)c1C(N)c1snnc1C. The van der Waals surface area contributed by atoms with Crippen LogP contribution in [0.2, 0.25) is 0 Å². The predicted octanol–water partition coefficient (Wildman–Crippen LogP) is 0.637. The summed E-state index contributed by atoms with van der Waals surface area (Å²) in [5.74, 6) is 0.683. The van der Waals surface area contributed by atoms with Gasteiger partial charge in [0.2, 0.25) is 0 Å². The molecule has 16 heavy (non-hydrogen) atoms. The lowest BCUT2D eigenvalue weighted by Gasteiger charge is -2.12. The van der Waals surface area contributed by atoms with Crippen molar-refractivity contribution >= 4 is 11.5 Å². The molecule has 86 valence electrons. The van der Waals surface area contributed by atoms with Crippen molar-refractivity contribution in [1.29, 1.82) is 0 Å². The number of hydrogen-bond donors (Lipinski definition) is 1. The Labute approximate surface area is 97.2 Å². The molecule has 0 aromatic carbocycles. The highest BCUT2D eigenvalue weighted by Gasteiger charge is 2.22. The van der Waals surface area contributed by atoms with E-state index in [0.717, 1.165) is 16.3 Å². The minimum Gasteiger partial charge on any atom is -0.493 e. The third-order valence-corrected chi connectivity index (χ3v) is 3.34. The van der Waals surface area contributed by atoms with Gasteiger partial charge in [0.25, 0.3) is 0 Å². The number of hydrogen-bond acceptors (Lipinski definition) is 6. The van der Waals surface area contributed by atoms with Gasteiger partial charge in [0.15, 0.2) is 5.75 Å². The summed E-state index contributed by atoms with van der Waals surface area (Å²) in [6.45, 7) is 1.89. The summed E-state index contributed by atoms with van der Waals surface area (Å²) in [5.41, 5.74) is 7.85. The molecule has 2 N–H and O–H groups in total. The molecule has 2 aromatic heterocycles. The molecule has 0 saturated heterocycles. The summed E-state index contributed by atoms with van der Waals surface area (Å²) in [6.07, 6.45) is 1.65. The van der Waals surface area contributed by atoms with E-state index < -0.39 is 0 Å². The molecule has 0 radical (unpaired) electrons. The van der Waals surface area contributed by atoms with E-state index in [0.29, 0.717) is 5.75 Å². The molecule has 0 amide bonds. The Balaban J connectivity index is 2.44. The molecule has 0 bridgehead atoms. The monoisotopic (exact) mass is 239 g/mol. The van der Waals surface area contributed by atoms with Gasteiger partial charge in [-0.25, -0.2) is 0 Å². The van der Waals surface area contributed by atoms with E-state index in [2.05, 4.69) is 14.7 Å². The Kier molecular flexibility index (Phi) is 2.88. The number of methoxy groups -OCH3 is 1. The van der Waals surface area contributed by atoms with Gasteiger partial charge in [-0.3, -0.25) is 4.68 Å². The van der Waals surface area contributed by atoms with Crippen molar-refractivity contribution in [1.82, 2.24) is 19.4 Å². The van der Waals surface area contributed by atoms with Crippen LogP contribution in [-0.4, -0.2) is 26.5 Å². The summed E-state index contributed by atoms with van der Waals surface area (Å²) in [6, 6.07) is -0.303. The summed E-state index contributed by atoms with van der Waals surface area (Å²) < 4.78 is 10.8. The molecule has 2 heterocycles. The molecule has 0 aliphatic carbocycles. The fourth-order valence-electron chi connectivity index (χ4n) is 1.59. The van der Waals surface area contributed by atoms with Crippen LogP contribution in [0.15, 0.2) is 6.20 Å². The highest BCUT2D eigenvalue weighted by molar-refractivity contribution is 7.05. The molecule has 6 nitrogen and oxygen atoms in total. The summed E-state index contributed by atoms with van der Waals surface area (Å²) in [4.78, 5) is 0.932. The van der Waals surface area contributed by atoms with Crippen molar-refractivity contribution in [2.45, 2.75) is 13.0 Å². The van der Waals surface area contributed by atoms with E-state index in [1.807, 2.05) is 14.0 Å². The highest BCUT2D eigenvalue weighted by Crippen LogP contribution is 2.30. The number of nitrogens with two attached hydrogens (primary N) is 1. The van der Waals surface area contributed by atoms with Gasteiger partial charge in [0.1, 0.15) is 5.69 Å². The molecule has 7 heteroatoms. The van der Waals surface area contributed by atoms with Gasteiger partial charge in [-0.05, 0) is 18.5 Å². The van der Waals surface area contributed by atoms with Crippen LogP contribution >= 0.6 is 11.5 Å². The second kappa shape index (κ2) is 4.18. The van der Waals surface area contributed by atoms with Crippen molar-refractivity contribution in [3.8, 4) is 5.75 Å². The molecule has 1 unspecified atom stereocenters. The second-order valence-corrected chi connectivity index (χ2v) is 4.21. The maximum absolute atomic E-state index is 6.17. The van der Waals surface area contributed by atoms with Gasteiger partial charge < -0.3 is 10.5 Å². The van der Waals surface area contributed by atoms with Crippen molar-refractivity contribution < 1.29 is 4.74 Å². The fraction of sp³-hybridized carbons (Fsp3) is 0.444. The quantitative estimate of drug-likeness (QED) is 0.850. The lowest BCUT2D eigenvalue weighted by molar-refractivity contribution is 0.406. The Bertz CT molecular complexity index is 492. The Hall–Kier alpha value is -1.47. The third-order valence-electron chi connectivity index (χ3n) is 2.43. The van der Waals surface area contributed by atoms with Crippen LogP contribution in [0.3, 0.4) is 0 Å². The molecule has 0 fully saturated rings. The predicted molar refractivity (Wildman–Crippen MR) is 60.4 cm³/mol. The first-order valence-electron chi connectivity index (χ1n) is 4.75. The summed E-state index contributed by atoms with van der Waals surface area (Å²) >= 11 is 1.30. The first kappa shape index (κ1) is 11.0. The van der Waals surface area contributed by atoms with E-state index in [1.165, 1.54) is 11.5 Å². The maximum atomic E-state index is 6.17. The molecule has 2 aromatic rings. The molecular weight excluding hydrogens is 226 g/mol. The van der Waals surface area contributed by atoms with Crippen LogP contribution in [0.5, 0.6) is 5.75 Å². The lowest BCUT2D eigenvalue weighted by Crippen LogP contribution is -2.16. The Morgan fingerprint density at radius 2 is 2.31 bits per heavy atom. The molecule has 1 atom stereocenters. The van der Waals surface area contributed by atoms with Gasteiger partial charge in [0, 0.05) is 7.05 Å². The normalized spacial score (nSPS) is 12.8. The highest BCUT2D eigenvalue weighted by atomic mass is 32.1. The van der Waals surface area contributed by atoms with E-state index in [9.17, 15) is 0 Å². The zero-order chi connectivity index (χ0) is 11.7. The van der Waals surface area contributed by atoms with Crippen LogP contribution in [0.1, 0.15) is 22.3 Å². The van der Waals surface area contributed by atoms with Gasteiger partial charge >= 0.3 is 0 Å². The lowest BCUT2D eigenvalue weighted by atomic mass is 10.1. The largest absolute Gasteiger partial charge is 0.493 e. The van der Waals surface area contributed by atoms with Crippen LogP contribution in [0, 0.1) is 6.92 Å². The topological polar surface area (TPSA) is 78.9 Å². The number of rotatable bonds is 3. The number of aryl methyl sites for hydroxylation is 2. The molecule has 2 rings (SSSR count). The molecule has 0 spiro atoms. The van der Waals surface area contributed by atoms with Gasteiger partial charge in [-0.1, -0.05) is 4.49 Å². The number of aromatic nitrogens is 4. The van der Waals surface area contributed by atoms with Crippen molar-refractivity contribution in [3.05, 3.63) is 22.5 Å². The maximum Gasteiger partial charge on any atom is 0.161 e. The first-order valence-corrected chi connectivity index (χ1v) is 5.52. The third kappa shape index (κ3) is 1.68. The van der Waals surface area contributed by atoms with Gasteiger partial charge in [-0.2, -0.15) is 5.10 Å². The van der Waals surface area contributed by atoms with E-state index in [4.69, 9.17) is 10.5 Å². The zero-order valence-electron chi connectivity index (χ0n) is 9.34. The van der Waals surface area contributed by atoms with Gasteiger partial charge in [-0.15, -0.1) is 5.10 Å². The summed E-state index contributed by atoms with van der Waals surface area (Å²) in [7, 11) is 3.44. The van der Waals surface area contributed by atoms with E-state index >= 15 is 0 Å². The number of ether oxygens (including phenoxy) is 1. The van der Waals surface area contributed by atoms with Gasteiger partial charge in [0.05, 0.1) is 29.9 Å². The average Bonchev–Trinajstić information content (AvgIpc) is 2.83. The van der Waals surface area contributed by atoms with E-state index in [-0.39, 0.29) is 6.04 Å². The molecule has 0 aliphatic heterocycles. The molecule has 0 aliphatic rings. The second-order valence-electron chi connectivity index (χ2n) is 3.42. The Morgan fingerprint density at radius 1 is 1.56 bits per heavy atom. The first-order chi connectivity index (χ1) is 7.65. The van der Waals surface area contributed by atoms with Crippen LogP contribution in [0.25, 0.3) is 0 Å². The minimum atomic E-state index is -0.303. The minimum absolute atomic E-state index is 0.303.